The van der Waals surface area contributed by atoms with Crippen molar-refractivity contribution in [2.45, 2.75) is 51.8 Å². The zero-order chi connectivity index (χ0) is 13.4. The predicted molar refractivity (Wildman–Crippen MR) is 79.5 cm³/mol. The summed E-state index contributed by atoms with van der Waals surface area (Å²) in [5.41, 5.74) is 1.21. The number of hydrogen-bond donors (Lipinski definition) is 0. The zero-order valence-electron chi connectivity index (χ0n) is 11.8. The molecule has 0 amide bonds. The van der Waals surface area contributed by atoms with Crippen molar-refractivity contribution in [3.63, 3.8) is 0 Å². The van der Waals surface area contributed by atoms with E-state index >= 15 is 0 Å². The van der Waals surface area contributed by atoms with Crippen molar-refractivity contribution in [2.24, 2.45) is 5.92 Å². The highest BCUT2D eigenvalue weighted by molar-refractivity contribution is 6.21. The summed E-state index contributed by atoms with van der Waals surface area (Å²) in [5, 5.41) is 0.122. The molecule has 0 spiro atoms. The van der Waals surface area contributed by atoms with Gasteiger partial charge in [0.25, 0.3) is 0 Å². The highest BCUT2D eigenvalue weighted by Gasteiger charge is 2.18. The summed E-state index contributed by atoms with van der Waals surface area (Å²) < 4.78 is 5.45. The second-order valence-corrected chi connectivity index (χ2v) is 5.18. The molecular formula is C16H25ClO. The lowest BCUT2D eigenvalue weighted by Gasteiger charge is -2.21. The molecule has 0 bridgehead atoms. The molecule has 0 saturated carbocycles. The fraction of sp³-hybridized carbons (Fsp3) is 0.625. The maximum atomic E-state index is 6.60. The van der Waals surface area contributed by atoms with Gasteiger partial charge in [0, 0.05) is 0 Å². The number of ether oxygens (including phenoxy) is 1. The second kappa shape index (κ2) is 8.42. The van der Waals surface area contributed by atoms with Crippen LogP contribution in [0.2, 0.25) is 0 Å². The molecule has 0 N–H and O–H groups in total. The summed E-state index contributed by atoms with van der Waals surface area (Å²) >= 11 is 6.60. The minimum Gasteiger partial charge on any atom is -0.494 e. The Labute approximate surface area is 116 Å². The smallest absolute Gasteiger partial charge is 0.119 e. The van der Waals surface area contributed by atoms with Gasteiger partial charge < -0.3 is 4.74 Å². The molecule has 0 fully saturated rings. The molecule has 0 aliphatic heterocycles. The Bertz CT molecular complexity index is 320. The summed E-state index contributed by atoms with van der Waals surface area (Å²) in [4.78, 5) is 0. The second-order valence-electron chi connectivity index (χ2n) is 4.71. The molecule has 0 heterocycles. The number of rotatable bonds is 8. The van der Waals surface area contributed by atoms with E-state index in [1.807, 2.05) is 19.1 Å². The number of halogens is 1. The molecule has 1 rings (SSSR count). The van der Waals surface area contributed by atoms with E-state index in [-0.39, 0.29) is 5.38 Å². The molecule has 2 unspecified atom stereocenters. The van der Waals surface area contributed by atoms with Crippen molar-refractivity contribution < 1.29 is 4.74 Å². The minimum atomic E-state index is 0.122. The van der Waals surface area contributed by atoms with Gasteiger partial charge in [-0.25, -0.2) is 0 Å². The van der Waals surface area contributed by atoms with Gasteiger partial charge in [0.1, 0.15) is 5.75 Å². The van der Waals surface area contributed by atoms with Gasteiger partial charge >= 0.3 is 0 Å². The summed E-state index contributed by atoms with van der Waals surface area (Å²) in [5.74, 6) is 1.50. The van der Waals surface area contributed by atoms with E-state index < -0.39 is 0 Å². The quantitative estimate of drug-likeness (QED) is 0.559. The van der Waals surface area contributed by atoms with Crippen molar-refractivity contribution in [3.05, 3.63) is 29.8 Å². The Morgan fingerprint density at radius 1 is 1.11 bits per heavy atom. The van der Waals surface area contributed by atoms with E-state index in [9.17, 15) is 0 Å². The fourth-order valence-electron chi connectivity index (χ4n) is 2.21. The zero-order valence-corrected chi connectivity index (χ0v) is 12.5. The molecule has 1 aromatic rings. The van der Waals surface area contributed by atoms with E-state index in [0.29, 0.717) is 12.5 Å². The van der Waals surface area contributed by atoms with Gasteiger partial charge in [-0.15, -0.1) is 11.6 Å². The third-order valence-electron chi connectivity index (χ3n) is 3.38. The molecule has 0 aliphatic rings. The van der Waals surface area contributed by atoms with Crippen molar-refractivity contribution in [1.82, 2.24) is 0 Å². The van der Waals surface area contributed by atoms with Gasteiger partial charge in [0.15, 0.2) is 0 Å². The van der Waals surface area contributed by atoms with Crippen LogP contribution in [0.25, 0.3) is 0 Å². The standard InChI is InChI=1S/C16H25ClO/c1-4-7-8-13(5-2)16(17)14-9-11-15(12-10-14)18-6-3/h9-13,16H,4-8H2,1-3H3. The Kier molecular flexibility index (Phi) is 7.19. The molecular weight excluding hydrogens is 244 g/mol. The van der Waals surface area contributed by atoms with Crippen LogP contribution in [0, 0.1) is 5.92 Å². The lowest BCUT2D eigenvalue weighted by Crippen LogP contribution is -2.07. The monoisotopic (exact) mass is 268 g/mol. The maximum Gasteiger partial charge on any atom is 0.119 e. The van der Waals surface area contributed by atoms with E-state index in [1.54, 1.807) is 0 Å². The van der Waals surface area contributed by atoms with Crippen LogP contribution in [0.3, 0.4) is 0 Å². The molecule has 0 saturated heterocycles. The fourth-order valence-corrected chi connectivity index (χ4v) is 2.66. The topological polar surface area (TPSA) is 9.23 Å². The largest absolute Gasteiger partial charge is 0.494 e. The van der Waals surface area contributed by atoms with E-state index in [4.69, 9.17) is 16.3 Å². The molecule has 18 heavy (non-hydrogen) atoms. The number of benzene rings is 1. The number of unbranched alkanes of at least 4 members (excludes halogenated alkanes) is 1. The maximum absolute atomic E-state index is 6.60. The Morgan fingerprint density at radius 2 is 1.78 bits per heavy atom. The Morgan fingerprint density at radius 3 is 2.28 bits per heavy atom. The molecule has 2 atom stereocenters. The van der Waals surface area contributed by atoms with Crippen LogP contribution in [-0.4, -0.2) is 6.61 Å². The van der Waals surface area contributed by atoms with Crippen LogP contribution in [0.15, 0.2) is 24.3 Å². The van der Waals surface area contributed by atoms with Gasteiger partial charge in [0.2, 0.25) is 0 Å². The minimum absolute atomic E-state index is 0.122. The van der Waals surface area contributed by atoms with Gasteiger partial charge in [-0.3, -0.25) is 0 Å². The average Bonchev–Trinajstić information content (AvgIpc) is 2.40. The van der Waals surface area contributed by atoms with E-state index in [2.05, 4.69) is 26.0 Å². The van der Waals surface area contributed by atoms with Crippen LogP contribution >= 0.6 is 11.6 Å². The first kappa shape index (κ1) is 15.4. The van der Waals surface area contributed by atoms with Crippen LogP contribution in [0.1, 0.15) is 57.4 Å². The van der Waals surface area contributed by atoms with Gasteiger partial charge in [-0.05, 0) is 37.0 Å². The van der Waals surface area contributed by atoms with Crippen molar-refractivity contribution >= 4 is 11.6 Å². The van der Waals surface area contributed by atoms with Gasteiger partial charge in [-0.2, -0.15) is 0 Å². The summed E-state index contributed by atoms with van der Waals surface area (Å²) in [7, 11) is 0. The molecule has 0 radical (unpaired) electrons. The molecule has 2 heteroatoms. The lowest BCUT2D eigenvalue weighted by atomic mass is 9.91. The molecule has 0 aliphatic carbocycles. The van der Waals surface area contributed by atoms with Crippen molar-refractivity contribution in [2.75, 3.05) is 6.61 Å². The van der Waals surface area contributed by atoms with Crippen LogP contribution in [-0.2, 0) is 0 Å². The first-order chi connectivity index (χ1) is 8.72. The van der Waals surface area contributed by atoms with Crippen molar-refractivity contribution in [3.8, 4) is 5.75 Å². The van der Waals surface area contributed by atoms with Gasteiger partial charge in [-0.1, -0.05) is 45.2 Å². The summed E-state index contributed by atoms with van der Waals surface area (Å²) in [6, 6.07) is 8.22. The van der Waals surface area contributed by atoms with E-state index in [0.717, 1.165) is 12.2 Å². The van der Waals surface area contributed by atoms with Gasteiger partial charge in [0.05, 0.1) is 12.0 Å². The Hall–Kier alpha value is -0.690. The molecule has 102 valence electrons. The first-order valence-corrected chi connectivity index (χ1v) is 7.53. The third-order valence-corrected chi connectivity index (χ3v) is 3.98. The SMILES string of the molecule is CCCCC(CC)C(Cl)c1ccc(OCC)cc1. The number of hydrogen-bond acceptors (Lipinski definition) is 1. The normalized spacial score (nSPS) is 14.2. The Balaban J connectivity index is 2.65. The molecule has 1 aromatic carbocycles. The highest BCUT2D eigenvalue weighted by Crippen LogP contribution is 2.35. The van der Waals surface area contributed by atoms with Crippen LogP contribution < -0.4 is 4.74 Å². The molecule has 0 aromatic heterocycles. The molecule has 1 nitrogen and oxygen atoms in total. The summed E-state index contributed by atoms with van der Waals surface area (Å²) in [6.45, 7) is 7.16. The lowest BCUT2D eigenvalue weighted by molar-refractivity contribution is 0.340. The average molecular weight is 269 g/mol. The first-order valence-electron chi connectivity index (χ1n) is 7.09. The van der Waals surface area contributed by atoms with Crippen LogP contribution in [0.5, 0.6) is 5.75 Å². The highest BCUT2D eigenvalue weighted by atomic mass is 35.5. The van der Waals surface area contributed by atoms with Crippen molar-refractivity contribution in [1.29, 1.82) is 0 Å². The number of alkyl halides is 1. The van der Waals surface area contributed by atoms with E-state index in [1.165, 1.54) is 24.8 Å². The third kappa shape index (κ3) is 4.53. The predicted octanol–water partition coefficient (Wildman–Crippen LogP) is 5.58. The summed E-state index contributed by atoms with van der Waals surface area (Å²) in [6.07, 6.45) is 4.86. The van der Waals surface area contributed by atoms with Crippen LogP contribution in [0.4, 0.5) is 0 Å².